The Morgan fingerprint density at radius 2 is 2.19 bits per heavy atom. The second-order valence-electron chi connectivity index (χ2n) is 5.15. The molecule has 21 heavy (non-hydrogen) atoms. The Balaban J connectivity index is 2.19. The fourth-order valence-electron chi connectivity index (χ4n) is 2.73. The van der Waals surface area contributed by atoms with Crippen molar-refractivity contribution in [3.8, 4) is 0 Å². The number of hydrogen-bond acceptors (Lipinski definition) is 2. The average molecular weight is 294 g/mol. The van der Waals surface area contributed by atoms with Crippen LogP contribution in [0.15, 0.2) is 18.2 Å². The molecule has 1 heterocycles. The van der Waals surface area contributed by atoms with E-state index in [0.717, 1.165) is 31.7 Å². The summed E-state index contributed by atoms with van der Waals surface area (Å²) in [6.07, 6.45) is 3.81. The molecule has 1 fully saturated rings. The molecule has 2 amide bonds. The van der Waals surface area contributed by atoms with Crippen LogP contribution < -0.4 is 5.32 Å². The van der Waals surface area contributed by atoms with Crippen LogP contribution in [-0.4, -0.2) is 34.6 Å². The zero-order chi connectivity index (χ0) is 15.4. The number of hydrogen-bond donors (Lipinski definition) is 2. The SMILES string of the molecule is CCC1CCCCN1C(=O)Nc1cccc(F)c1C(=O)O. The van der Waals surface area contributed by atoms with Crippen LogP contribution in [0.3, 0.4) is 0 Å². The second-order valence-corrected chi connectivity index (χ2v) is 5.15. The van der Waals surface area contributed by atoms with Gasteiger partial charge in [-0.1, -0.05) is 13.0 Å². The summed E-state index contributed by atoms with van der Waals surface area (Å²) < 4.78 is 13.6. The zero-order valence-corrected chi connectivity index (χ0v) is 11.9. The van der Waals surface area contributed by atoms with Gasteiger partial charge in [-0.15, -0.1) is 0 Å². The Bertz CT molecular complexity index is 548. The number of benzene rings is 1. The Morgan fingerprint density at radius 3 is 2.86 bits per heavy atom. The second kappa shape index (κ2) is 6.56. The quantitative estimate of drug-likeness (QED) is 0.898. The van der Waals surface area contributed by atoms with Crippen molar-refractivity contribution in [3.63, 3.8) is 0 Å². The molecule has 1 aromatic rings. The predicted molar refractivity (Wildman–Crippen MR) is 77.0 cm³/mol. The summed E-state index contributed by atoms with van der Waals surface area (Å²) in [6, 6.07) is 3.63. The standard InChI is InChI=1S/C15H19FN2O3/c1-2-10-6-3-4-9-18(10)15(21)17-12-8-5-7-11(16)13(12)14(19)20/h5,7-8,10H,2-4,6,9H2,1H3,(H,17,21)(H,19,20). The molecule has 0 bridgehead atoms. The van der Waals surface area contributed by atoms with Gasteiger partial charge in [-0.05, 0) is 37.8 Å². The Kier molecular flexibility index (Phi) is 4.77. The van der Waals surface area contributed by atoms with Gasteiger partial charge in [0.25, 0.3) is 0 Å². The molecule has 0 radical (unpaired) electrons. The lowest BCUT2D eigenvalue weighted by molar-refractivity contribution is 0.0693. The van der Waals surface area contributed by atoms with Gasteiger partial charge >= 0.3 is 12.0 Å². The van der Waals surface area contributed by atoms with E-state index in [4.69, 9.17) is 5.11 Å². The molecule has 1 aromatic carbocycles. The maximum atomic E-state index is 13.6. The number of nitrogens with one attached hydrogen (secondary N) is 1. The summed E-state index contributed by atoms with van der Waals surface area (Å²) in [5.41, 5.74) is -0.510. The van der Waals surface area contributed by atoms with Gasteiger partial charge in [-0.25, -0.2) is 14.0 Å². The van der Waals surface area contributed by atoms with E-state index < -0.39 is 17.3 Å². The van der Waals surface area contributed by atoms with Gasteiger partial charge in [-0.3, -0.25) is 0 Å². The number of carboxylic acid groups (broad SMARTS) is 1. The normalized spacial score (nSPS) is 18.4. The summed E-state index contributed by atoms with van der Waals surface area (Å²) in [4.78, 5) is 25.1. The zero-order valence-electron chi connectivity index (χ0n) is 11.9. The number of anilines is 1. The van der Waals surface area contributed by atoms with Crippen molar-refractivity contribution in [2.24, 2.45) is 0 Å². The number of halogens is 1. The van der Waals surface area contributed by atoms with Crippen molar-refractivity contribution >= 4 is 17.7 Å². The summed E-state index contributed by atoms with van der Waals surface area (Å²) in [5.74, 6) is -2.25. The molecule has 1 saturated heterocycles. The summed E-state index contributed by atoms with van der Waals surface area (Å²) in [5, 5.41) is 11.6. The van der Waals surface area contributed by atoms with Crippen molar-refractivity contribution in [3.05, 3.63) is 29.6 Å². The average Bonchev–Trinajstić information content (AvgIpc) is 2.46. The third kappa shape index (κ3) is 3.32. The lowest BCUT2D eigenvalue weighted by Crippen LogP contribution is -2.45. The number of carbonyl (C=O) groups excluding carboxylic acids is 1. The Labute approximate surface area is 122 Å². The van der Waals surface area contributed by atoms with Crippen molar-refractivity contribution < 1.29 is 19.1 Å². The maximum absolute atomic E-state index is 13.6. The first-order valence-electron chi connectivity index (χ1n) is 7.14. The molecule has 1 unspecified atom stereocenters. The Hall–Kier alpha value is -2.11. The molecular formula is C15H19FN2O3. The molecule has 1 aliphatic heterocycles. The molecule has 114 valence electrons. The van der Waals surface area contributed by atoms with Gasteiger partial charge in [0.05, 0.1) is 5.69 Å². The van der Waals surface area contributed by atoms with Gasteiger partial charge in [0.15, 0.2) is 0 Å². The van der Waals surface area contributed by atoms with E-state index in [9.17, 15) is 14.0 Å². The number of piperidine rings is 1. The van der Waals surface area contributed by atoms with Gasteiger partial charge in [0.1, 0.15) is 11.4 Å². The molecule has 0 aliphatic carbocycles. The maximum Gasteiger partial charge on any atom is 0.340 e. The first-order valence-corrected chi connectivity index (χ1v) is 7.14. The van der Waals surface area contributed by atoms with Crippen LogP contribution in [0.2, 0.25) is 0 Å². The highest BCUT2D eigenvalue weighted by molar-refractivity contribution is 6.00. The highest BCUT2D eigenvalue weighted by Crippen LogP contribution is 2.23. The van der Waals surface area contributed by atoms with Crippen LogP contribution in [0, 0.1) is 5.82 Å². The number of urea groups is 1. The van der Waals surface area contributed by atoms with E-state index in [1.165, 1.54) is 12.1 Å². The van der Waals surface area contributed by atoms with Gasteiger partial charge in [0, 0.05) is 12.6 Å². The molecule has 0 aromatic heterocycles. The predicted octanol–water partition coefficient (Wildman–Crippen LogP) is 3.32. The number of amides is 2. The van der Waals surface area contributed by atoms with Crippen LogP contribution in [0.5, 0.6) is 0 Å². The number of aromatic carboxylic acids is 1. The first-order chi connectivity index (χ1) is 10.0. The van der Waals surface area contributed by atoms with Crippen molar-refractivity contribution in [2.45, 2.75) is 38.6 Å². The van der Waals surface area contributed by atoms with Gasteiger partial charge < -0.3 is 15.3 Å². The van der Waals surface area contributed by atoms with Crippen LogP contribution in [-0.2, 0) is 0 Å². The van der Waals surface area contributed by atoms with Gasteiger partial charge in [-0.2, -0.15) is 0 Å². The minimum Gasteiger partial charge on any atom is -0.478 e. The topological polar surface area (TPSA) is 69.6 Å². The number of nitrogens with zero attached hydrogens (tertiary/aromatic N) is 1. The molecule has 6 heteroatoms. The van der Waals surface area contributed by atoms with Crippen molar-refractivity contribution in [1.82, 2.24) is 4.90 Å². The minimum absolute atomic E-state index is 0.00655. The molecule has 0 spiro atoms. The van der Waals surface area contributed by atoms with E-state index in [1.54, 1.807) is 4.90 Å². The highest BCUT2D eigenvalue weighted by atomic mass is 19.1. The largest absolute Gasteiger partial charge is 0.478 e. The summed E-state index contributed by atoms with van der Waals surface area (Å²) in [6.45, 7) is 2.66. The van der Waals surface area contributed by atoms with E-state index in [2.05, 4.69) is 5.32 Å². The lowest BCUT2D eigenvalue weighted by Gasteiger charge is -2.35. The summed E-state index contributed by atoms with van der Waals surface area (Å²) in [7, 11) is 0. The number of carbonyl (C=O) groups is 2. The molecule has 5 nitrogen and oxygen atoms in total. The van der Waals surface area contributed by atoms with Crippen LogP contribution in [0.4, 0.5) is 14.9 Å². The van der Waals surface area contributed by atoms with E-state index in [1.807, 2.05) is 6.92 Å². The third-order valence-corrected chi connectivity index (χ3v) is 3.83. The van der Waals surface area contributed by atoms with Crippen LogP contribution >= 0.6 is 0 Å². The third-order valence-electron chi connectivity index (χ3n) is 3.83. The first kappa shape index (κ1) is 15.3. The fourth-order valence-corrected chi connectivity index (χ4v) is 2.73. The van der Waals surface area contributed by atoms with Crippen LogP contribution in [0.1, 0.15) is 43.0 Å². The molecular weight excluding hydrogens is 275 g/mol. The smallest absolute Gasteiger partial charge is 0.340 e. The van der Waals surface area contributed by atoms with Gasteiger partial charge in [0.2, 0.25) is 0 Å². The highest BCUT2D eigenvalue weighted by Gasteiger charge is 2.26. The summed E-state index contributed by atoms with van der Waals surface area (Å²) >= 11 is 0. The molecule has 0 saturated carbocycles. The van der Waals surface area contributed by atoms with Crippen molar-refractivity contribution in [1.29, 1.82) is 0 Å². The monoisotopic (exact) mass is 294 g/mol. The van der Waals surface area contributed by atoms with E-state index in [-0.39, 0.29) is 17.8 Å². The lowest BCUT2D eigenvalue weighted by atomic mass is 10.0. The molecule has 1 aliphatic rings. The van der Waals surface area contributed by atoms with E-state index >= 15 is 0 Å². The fraction of sp³-hybridized carbons (Fsp3) is 0.467. The Morgan fingerprint density at radius 1 is 1.43 bits per heavy atom. The van der Waals surface area contributed by atoms with Crippen molar-refractivity contribution in [2.75, 3.05) is 11.9 Å². The molecule has 1 atom stereocenters. The molecule has 2 rings (SSSR count). The minimum atomic E-state index is -1.39. The van der Waals surface area contributed by atoms with E-state index in [0.29, 0.717) is 6.54 Å². The van der Waals surface area contributed by atoms with Crippen LogP contribution in [0.25, 0.3) is 0 Å². The number of rotatable bonds is 3. The number of carboxylic acids is 1. The number of likely N-dealkylation sites (tertiary alicyclic amines) is 1. The molecule has 2 N–H and O–H groups in total.